The van der Waals surface area contributed by atoms with Crippen LogP contribution in [0.3, 0.4) is 0 Å². The maximum absolute atomic E-state index is 9.15. The normalized spacial score (nSPS) is 20.8. The van der Waals surface area contributed by atoms with Crippen molar-refractivity contribution in [3.63, 3.8) is 0 Å². The highest BCUT2D eigenvalue weighted by molar-refractivity contribution is 9.10. The van der Waals surface area contributed by atoms with E-state index in [0.717, 1.165) is 0 Å². The second-order valence-electron chi connectivity index (χ2n) is 5.26. The lowest BCUT2D eigenvalue weighted by Crippen LogP contribution is -2.41. The first kappa shape index (κ1) is 13.5. The SMILES string of the molecule is CC1(C)OB(c2c(C#N)ccnc2Br)OC1(C)C. The molecule has 1 fully saturated rings. The van der Waals surface area contributed by atoms with E-state index in [1.807, 2.05) is 27.7 Å². The molecule has 1 saturated heterocycles. The first-order valence-corrected chi connectivity index (χ1v) is 6.48. The monoisotopic (exact) mass is 308 g/mol. The van der Waals surface area contributed by atoms with Gasteiger partial charge in [-0.25, -0.2) is 4.98 Å². The van der Waals surface area contributed by atoms with Crippen LogP contribution in [0.5, 0.6) is 0 Å². The molecular weight excluding hydrogens is 295 g/mol. The topological polar surface area (TPSA) is 55.1 Å². The quantitative estimate of drug-likeness (QED) is 0.588. The smallest absolute Gasteiger partial charge is 0.399 e. The van der Waals surface area contributed by atoms with E-state index in [2.05, 4.69) is 27.0 Å². The van der Waals surface area contributed by atoms with Crippen molar-refractivity contribution in [3.8, 4) is 6.07 Å². The molecule has 0 unspecified atom stereocenters. The van der Waals surface area contributed by atoms with Crippen molar-refractivity contribution in [3.05, 3.63) is 22.4 Å². The minimum absolute atomic E-state index is 0.431. The molecule has 0 spiro atoms. The van der Waals surface area contributed by atoms with Crippen molar-refractivity contribution in [1.82, 2.24) is 4.98 Å². The Bertz CT molecular complexity index is 509. The molecule has 1 aliphatic heterocycles. The molecule has 0 aliphatic carbocycles. The summed E-state index contributed by atoms with van der Waals surface area (Å²) in [6.07, 6.45) is 1.58. The molecule has 2 heterocycles. The third kappa shape index (κ3) is 2.07. The van der Waals surface area contributed by atoms with E-state index < -0.39 is 18.3 Å². The van der Waals surface area contributed by atoms with E-state index in [9.17, 15) is 0 Å². The lowest BCUT2D eigenvalue weighted by atomic mass is 9.77. The Labute approximate surface area is 116 Å². The second-order valence-corrected chi connectivity index (χ2v) is 6.01. The summed E-state index contributed by atoms with van der Waals surface area (Å²) < 4.78 is 12.4. The summed E-state index contributed by atoms with van der Waals surface area (Å²) in [4.78, 5) is 4.13. The fourth-order valence-electron chi connectivity index (χ4n) is 1.73. The van der Waals surface area contributed by atoms with Crippen LogP contribution in [0.15, 0.2) is 16.9 Å². The number of pyridine rings is 1. The van der Waals surface area contributed by atoms with Crippen LogP contribution in [0.1, 0.15) is 33.3 Å². The first-order valence-electron chi connectivity index (χ1n) is 5.68. The van der Waals surface area contributed by atoms with Crippen molar-refractivity contribution in [2.24, 2.45) is 0 Å². The van der Waals surface area contributed by atoms with Crippen LogP contribution in [0.2, 0.25) is 0 Å². The van der Waals surface area contributed by atoms with Gasteiger partial charge in [0.05, 0.1) is 22.8 Å². The molecule has 0 aromatic carbocycles. The molecule has 18 heavy (non-hydrogen) atoms. The molecule has 1 aromatic rings. The van der Waals surface area contributed by atoms with E-state index in [-0.39, 0.29) is 0 Å². The fourth-order valence-corrected chi connectivity index (χ4v) is 2.25. The standard InChI is InChI=1S/C12H14BBrN2O2/c1-11(2)12(3,4)18-13(17-11)9-8(7-15)5-6-16-10(9)14/h5-6H,1-4H3. The van der Waals surface area contributed by atoms with Crippen LogP contribution in [0.4, 0.5) is 0 Å². The average Bonchev–Trinajstić information content (AvgIpc) is 2.47. The Kier molecular flexibility index (Phi) is 3.26. The summed E-state index contributed by atoms with van der Waals surface area (Å²) in [7, 11) is -0.576. The van der Waals surface area contributed by atoms with E-state index in [1.54, 1.807) is 12.3 Å². The molecule has 2 rings (SSSR count). The van der Waals surface area contributed by atoms with Gasteiger partial charge in [0, 0.05) is 11.7 Å². The third-order valence-electron chi connectivity index (χ3n) is 3.55. The van der Waals surface area contributed by atoms with Crippen molar-refractivity contribution >= 4 is 28.5 Å². The van der Waals surface area contributed by atoms with Crippen LogP contribution in [-0.4, -0.2) is 23.3 Å². The molecule has 0 saturated carbocycles. The number of hydrogen-bond acceptors (Lipinski definition) is 4. The van der Waals surface area contributed by atoms with Crippen LogP contribution in [0.25, 0.3) is 0 Å². The molecule has 0 atom stereocenters. The van der Waals surface area contributed by atoms with E-state index in [0.29, 0.717) is 15.6 Å². The summed E-state index contributed by atoms with van der Waals surface area (Å²) in [6, 6.07) is 3.80. The van der Waals surface area contributed by atoms with Crippen molar-refractivity contribution in [2.75, 3.05) is 0 Å². The van der Waals surface area contributed by atoms with Gasteiger partial charge < -0.3 is 9.31 Å². The van der Waals surface area contributed by atoms with Crippen LogP contribution in [-0.2, 0) is 9.31 Å². The third-order valence-corrected chi connectivity index (χ3v) is 4.18. The Morgan fingerprint density at radius 3 is 2.33 bits per heavy atom. The van der Waals surface area contributed by atoms with Gasteiger partial charge >= 0.3 is 7.12 Å². The lowest BCUT2D eigenvalue weighted by Gasteiger charge is -2.32. The van der Waals surface area contributed by atoms with Gasteiger partial charge in [0.15, 0.2) is 0 Å². The average molecular weight is 309 g/mol. The fraction of sp³-hybridized carbons (Fsp3) is 0.500. The summed E-state index contributed by atoms with van der Waals surface area (Å²) in [5.74, 6) is 0. The predicted molar refractivity (Wildman–Crippen MR) is 72.4 cm³/mol. The van der Waals surface area contributed by atoms with Gasteiger partial charge in [-0.3, -0.25) is 0 Å². The highest BCUT2D eigenvalue weighted by Crippen LogP contribution is 2.37. The largest absolute Gasteiger partial charge is 0.499 e. The zero-order chi connectivity index (χ0) is 13.6. The Morgan fingerprint density at radius 1 is 1.28 bits per heavy atom. The van der Waals surface area contributed by atoms with Gasteiger partial charge in [0.25, 0.3) is 0 Å². The lowest BCUT2D eigenvalue weighted by molar-refractivity contribution is 0.00578. The number of hydrogen-bond donors (Lipinski definition) is 0. The molecule has 0 radical (unpaired) electrons. The zero-order valence-corrected chi connectivity index (χ0v) is 12.4. The molecule has 0 bridgehead atoms. The summed E-state index contributed by atoms with van der Waals surface area (Å²) >= 11 is 3.35. The predicted octanol–water partition coefficient (Wildman–Crippen LogP) is 2.01. The Balaban J connectivity index is 2.45. The van der Waals surface area contributed by atoms with Crippen molar-refractivity contribution in [1.29, 1.82) is 5.26 Å². The highest BCUT2D eigenvalue weighted by atomic mass is 79.9. The van der Waals surface area contributed by atoms with Crippen LogP contribution < -0.4 is 5.46 Å². The molecule has 1 aromatic heterocycles. The van der Waals surface area contributed by atoms with E-state index >= 15 is 0 Å². The van der Waals surface area contributed by atoms with Gasteiger partial charge in [0.2, 0.25) is 0 Å². The van der Waals surface area contributed by atoms with Gasteiger partial charge in [-0.2, -0.15) is 5.26 Å². The van der Waals surface area contributed by atoms with E-state index in [1.165, 1.54) is 0 Å². The number of nitrogens with zero attached hydrogens (tertiary/aromatic N) is 2. The molecule has 0 amide bonds. The number of rotatable bonds is 1. The van der Waals surface area contributed by atoms with E-state index in [4.69, 9.17) is 14.6 Å². The van der Waals surface area contributed by atoms with Crippen molar-refractivity contribution in [2.45, 2.75) is 38.9 Å². The first-order chi connectivity index (χ1) is 8.28. The van der Waals surface area contributed by atoms with Gasteiger partial charge in [-0.1, -0.05) is 0 Å². The Hall–Kier alpha value is -0.895. The molecule has 4 nitrogen and oxygen atoms in total. The summed E-state index contributed by atoms with van der Waals surface area (Å²) in [5.41, 5.74) is 0.299. The Morgan fingerprint density at radius 2 is 1.83 bits per heavy atom. The van der Waals surface area contributed by atoms with Gasteiger partial charge in [-0.05, 0) is 49.7 Å². The number of aromatic nitrogens is 1. The van der Waals surface area contributed by atoms with Gasteiger partial charge in [0.1, 0.15) is 4.60 Å². The van der Waals surface area contributed by atoms with Gasteiger partial charge in [-0.15, -0.1) is 0 Å². The summed E-state index contributed by atoms with van der Waals surface area (Å²) in [5, 5.41) is 9.15. The van der Waals surface area contributed by atoms with Crippen LogP contribution >= 0.6 is 15.9 Å². The molecule has 6 heteroatoms. The highest BCUT2D eigenvalue weighted by Gasteiger charge is 2.53. The molecule has 94 valence electrons. The van der Waals surface area contributed by atoms with Crippen LogP contribution in [0, 0.1) is 11.3 Å². The number of nitriles is 1. The zero-order valence-electron chi connectivity index (χ0n) is 10.8. The molecular formula is C12H14BBrN2O2. The minimum Gasteiger partial charge on any atom is -0.399 e. The maximum Gasteiger partial charge on any atom is 0.499 e. The maximum atomic E-state index is 9.15. The number of halogens is 1. The minimum atomic E-state index is -0.576. The summed E-state index contributed by atoms with van der Waals surface area (Å²) in [6.45, 7) is 7.90. The molecule has 0 N–H and O–H groups in total. The molecule has 1 aliphatic rings. The second kappa shape index (κ2) is 4.34. The van der Waals surface area contributed by atoms with Crippen molar-refractivity contribution < 1.29 is 9.31 Å².